The lowest BCUT2D eigenvalue weighted by molar-refractivity contribution is -0.238. The smallest absolute Gasteiger partial charge is 0.335 e. The van der Waals surface area contributed by atoms with Crippen LogP contribution in [0.2, 0.25) is 5.02 Å². The highest BCUT2D eigenvalue weighted by Crippen LogP contribution is 2.33. The van der Waals surface area contributed by atoms with Gasteiger partial charge in [-0.2, -0.15) is 0 Å². The molecule has 1 fully saturated rings. The van der Waals surface area contributed by atoms with E-state index in [1.165, 1.54) is 12.1 Å². The number of halogens is 5. The summed E-state index contributed by atoms with van der Waals surface area (Å²) < 4.78 is 65.9. The van der Waals surface area contributed by atoms with Gasteiger partial charge in [0, 0.05) is 5.56 Å². The maximum atomic E-state index is 13.7. The molecule has 0 saturated carbocycles. The number of rotatable bonds is 8. The number of ether oxygens (including phenoxy) is 2. The second kappa shape index (κ2) is 11.3. The van der Waals surface area contributed by atoms with E-state index in [1.807, 2.05) is 0 Å². The van der Waals surface area contributed by atoms with Crippen LogP contribution >= 0.6 is 11.6 Å². The van der Waals surface area contributed by atoms with Gasteiger partial charge >= 0.3 is 5.97 Å². The molecule has 6 atom stereocenters. The van der Waals surface area contributed by atoms with Gasteiger partial charge in [0.1, 0.15) is 42.0 Å². The SMILES string of the molecule is O=C(O)[C@@H](OCc1ccc(F)c(Cl)c1)[C@@H]1OC(CO)[C@H](O)[C@H](n2cc(-c3cc(F)c(F)c(F)c3)nn2)C1O. The Labute approximate surface area is 216 Å². The number of carboxylic acids is 1. The lowest BCUT2D eigenvalue weighted by atomic mass is 9.90. The quantitative estimate of drug-likeness (QED) is 0.239. The zero-order valence-corrected chi connectivity index (χ0v) is 19.8. The van der Waals surface area contributed by atoms with Gasteiger partial charge in [0.05, 0.1) is 24.4 Å². The van der Waals surface area contributed by atoms with Gasteiger partial charge in [-0.3, -0.25) is 0 Å². The van der Waals surface area contributed by atoms with Gasteiger partial charge in [0.25, 0.3) is 0 Å². The molecule has 0 radical (unpaired) electrons. The molecule has 0 amide bonds. The lowest BCUT2D eigenvalue weighted by Gasteiger charge is -2.43. The Morgan fingerprint density at radius 2 is 1.79 bits per heavy atom. The van der Waals surface area contributed by atoms with Gasteiger partial charge in [-0.05, 0) is 29.8 Å². The second-order valence-electron chi connectivity index (χ2n) is 8.45. The predicted octanol–water partition coefficient (Wildman–Crippen LogP) is 1.85. The molecule has 4 rings (SSSR count). The molecule has 0 aliphatic carbocycles. The van der Waals surface area contributed by atoms with E-state index in [-0.39, 0.29) is 22.9 Å². The largest absolute Gasteiger partial charge is 0.479 e. The van der Waals surface area contributed by atoms with Crippen LogP contribution in [0, 0.1) is 23.3 Å². The number of aliphatic hydroxyl groups is 3. The van der Waals surface area contributed by atoms with E-state index in [0.29, 0.717) is 17.7 Å². The third-order valence-corrected chi connectivity index (χ3v) is 6.27. The van der Waals surface area contributed by atoms with Crippen molar-refractivity contribution in [1.29, 1.82) is 0 Å². The molecule has 1 aliphatic rings. The maximum Gasteiger partial charge on any atom is 0.335 e. The van der Waals surface area contributed by atoms with Gasteiger partial charge in [-0.25, -0.2) is 27.0 Å². The minimum absolute atomic E-state index is 0.162. The Hall–Kier alpha value is -3.14. The first-order valence-electron chi connectivity index (χ1n) is 11.0. The Bertz CT molecular complexity index is 1310. The Morgan fingerprint density at radius 3 is 2.39 bits per heavy atom. The molecule has 204 valence electrons. The van der Waals surface area contributed by atoms with Gasteiger partial charge in [0.15, 0.2) is 23.6 Å². The Morgan fingerprint density at radius 1 is 1.11 bits per heavy atom. The number of aromatic nitrogens is 3. The molecule has 3 aromatic rings. The fourth-order valence-corrected chi connectivity index (χ4v) is 4.28. The number of aliphatic hydroxyl groups excluding tert-OH is 3. The van der Waals surface area contributed by atoms with Gasteiger partial charge in [0.2, 0.25) is 0 Å². The summed E-state index contributed by atoms with van der Waals surface area (Å²) in [5.74, 6) is -6.91. The fraction of sp³-hybridized carbons (Fsp3) is 0.348. The van der Waals surface area contributed by atoms with Gasteiger partial charge in [-0.1, -0.05) is 22.9 Å². The molecule has 2 aromatic carbocycles. The first-order chi connectivity index (χ1) is 18.0. The van der Waals surface area contributed by atoms with Crippen molar-refractivity contribution in [1.82, 2.24) is 15.0 Å². The molecule has 10 nitrogen and oxygen atoms in total. The van der Waals surface area contributed by atoms with Crippen molar-refractivity contribution in [3.8, 4) is 11.3 Å². The zero-order chi connectivity index (χ0) is 27.7. The zero-order valence-electron chi connectivity index (χ0n) is 19.1. The van der Waals surface area contributed by atoms with Crippen molar-refractivity contribution in [3.63, 3.8) is 0 Å². The van der Waals surface area contributed by atoms with Crippen molar-refractivity contribution in [2.45, 2.75) is 43.2 Å². The fourth-order valence-electron chi connectivity index (χ4n) is 4.07. The Kier molecular flexibility index (Phi) is 8.30. The summed E-state index contributed by atoms with van der Waals surface area (Å²) in [7, 11) is 0. The lowest BCUT2D eigenvalue weighted by Crippen LogP contribution is -2.60. The number of carboxylic acid groups (broad SMARTS) is 1. The molecular formula is C23H20ClF4N3O7. The highest BCUT2D eigenvalue weighted by atomic mass is 35.5. The molecule has 1 saturated heterocycles. The van der Waals surface area contributed by atoms with Gasteiger partial charge in [-0.15, -0.1) is 5.10 Å². The monoisotopic (exact) mass is 561 g/mol. The number of hydrogen-bond donors (Lipinski definition) is 4. The number of aliphatic carboxylic acids is 1. The van der Waals surface area contributed by atoms with Crippen LogP contribution in [0.3, 0.4) is 0 Å². The third kappa shape index (κ3) is 5.50. The van der Waals surface area contributed by atoms with Crippen LogP contribution in [0.1, 0.15) is 11.6 Å². The minimum atomic E-state index is -1.85. The molecule has 0 bridgehead atoms. The molecule has 38 heavy (non-hydrogen) atoms. The highest BCUT2D eigenvalue weighted by Gasteiger charge is 2.50. The van der Waals surface area contributed by atoms with Crippen LogP contribution in [0.25, 0.3) is 11.3 Å². The van der Waals surface area contributed by atoms with E-state index in [9.17, 15) is 42.8 Å². The van der Waals surface area contributed by atoms with Crippen LogP contribution in [-0.4, -0.2) is 78.5 Å². The minimum Gasteiger partial charge on any atom is -0.479 e. The molecule has 1 aliphatic heterocycles. The Balaban J connectivity index is 1.62. The summed E-state index contributed by atoms with van der Waals surface area (Å²) in [6.07, 6.45) is -7.30. The summed E-state index contributed by atoms with van der Waals surface area (Å²) in [5, 5.41) is 48.5. The van der Waals surface area contributed by atoms with Crippen molar-refractivity contribution in [2.24, 2.45) is 0 Å². The van der Waals surface area contributed by atoms with Crippen molar-refractivity contribution < 1.29 is 52.3 Å². The van der Waals surface area contributed by atoms with Crippen LogP contribution in [0.4, 0.5) is 17.6 Å². The maximum absolute atomic E-state index is 13.7. The normalized spacial score (nSPS) is 24.4. The molecule has 15 heteroatoms. The number of hydrogen-bond acceptors (Lipinski definition) is 8. The van der Waals surface area contributed by atoms with Crippen molar-refractivity contribution >= 4 is 17.6 Å². The molecule has 1 aromatic heterocycles. The number of benzene rings is 2. The average Bonchev–Trinajstić information content (AvgIpc) is 3.35. The van der Waals surface area contributed by atoms with Crippen molar-refractivity contribution in [3.05, 3.63) is 70.4 Å². The predicted molar refractivity (Wildman–Crippen MR) is 120 cm³/mol. The number of carbonyl (C=O) groups is 1. The van der Waals surface area contributed by atoms with Crippen molar-refractivity contribution in [2.75, 3.05) is 6.61 Å². The highest BCUT2D eigenvalue weighted by molar-refractivity contribution is 6.30. The topological polar surface area (TPSA) is 147 Å². The molecule has 0 spiro atoms. The second-order valence-corrected chi connectivity index (χ2v) is 8.86. The average molecular weight is 562 g/mol. The molecule has 2 heterocycles. The first kappa shape index (κ1) is 27.9. The van der Waals surface area contributed by atoms with E-state index < -0.39 is 72.4 Å². The van der Waals surface area contributed by atoms with E-state index in [0.717, 1.165) is 16.9 Å². The van der Waals surface area contributed by atoms with Crippen LogP contribution < -0.4 is 0 Å². The molecule has 2 unspecified atom stereocenters. The summed E-state index contributed by atoms with van der Waals surface area (Å²) >= 11 is 5.73. The van der Waals surface area contributed by atoms with Crippen LogP contribution in [0.15, 0.2) is 36.5 Å². The van der Waals surface area contributed by atoms with Crippen LogP contribution in [-0.2, 0) is 20.9 Å². The standard InChI is InChI=1S/C23H20ClF4N3O7/c24-11-3-9(1-2-12(11)25)8-37-22(23(35)36)21-20(34)18(19(33)16(7-32)38-21)31-6-15(29-30-31)10-4-13(26)17(28)14(27)5-10/h1-6,16,18-22,32-34H,7-8H2,(H,35,36)/t16?,18-,19-,20?,21+,22-/m0/s1. The summed E-state index contributed by atoms with van der Waals surface area (Å²) in [6.45, 7) is -1.17. The van der Waals surface area contributed by atoms with E-state index in [4.69, 9.17) is 21.1 Å². The first-order valence-corrected chi connectivity index (χ1v) is 11.4. The summed E-state index contributed by atoms with van der Waals surface area (Å²) in [5.41, 5.74) is -0.0587. The summed E-state index contributed by atoms with van der Waals surface area (Å²) in [6, 6.07) is 3.44. The van der Waals surface area contributed by atoms with E-state index in [2.05, 4.69) is 10.3 Å². The van der Waals surface area contributed by atoms with Gasteiger partial charge < -0.3 is 29.9 Å². The molecule has 4 N–H and O–H groups in total. The molecular weight excluding hydrogens is 542 g/mol. The number of nitrogens with zero attached hydrogens (tertiary/aromatic N) is 3. The van der Waals surface area contributed by atoms with Crippen LogP contribution in [0.5, 0.6) is 0 Å². The van der Waals surface area contributed by atoms with E-state index in [1.54, 1.807) is 0 Å². The third-order valence-electron chi connectivity index (χ3n) is 5.98. The summed E-state index contributed by atoms with van der Waals surface area (Å²) in [4.78, 5) is 12.0. The van der Waals surface area contributed by atoms with E-state index >= 15 is 0 Å².